The highest BCUT2D eigenvalue weighted by Crippen LogP contribution is 2.33. The van der Waals surface area contributed by atoms with Crippen LogP contribution in [0.3, 0.4) is 0 Å². The molecule has 0 fully saturated rings. The lowest BCUT2D eigenvalue weighted by Crippen LogP contribution is -2.35. The van der Waals surface area contributed by atoms with Crippen molar-refractivity contribution >= 4 is 28.6 Å². The van der Waals surface area contributed by atoms with Crippen LogP contribution in [0.15, 0.2) is 35.2 Å². The SMILES string of the molecule is C[C@@H]1CN(C)c2ccccc2N(C(=O)CCc2cscn2)C1. The first-order valence-corrected chi connectivity index (χ1v) is 8.57. The van der Waals surface area contributed by atoms with Gasteiger partial charge in [0, 0.05) is 31.9 Å². The molecule has 4 nitrogen and oxygen atoms in total. The van der Waals surface area contributed by atoms with Gasteiger partial charge in [-0.3, -0.25) is 4.79 Å². The molecule has 0 saturated heterocycles. The normalized spacial score (nSPS) is 18.0. The van der Waals surface area contributed by atoms with E-state index in [0.29, 0.717) is 18.8 Å². The number of aromatic nitrogens is 1. The molecule has 2 aromatic rings. The number of para-hydroxylation sites is 2. The molecule has 0 aliphatic carbocycles. The van der Waals surface area contributed by atoms with E-state index in [9.17, 15) is 4.79 Å². The van der Waals surface area contributed by atoms with E-state index in [1.807, 2.05) is 34.0 Å². The Labute approximate surface area is 135 Å². The molecule has 1 aromatic heterocycles. The number of benzene rings is 1. The Morgan fingerprint density at radius 1 is 1.32 bits per heavy atom. The van der Waals surface area contributed by atoms with Crippen molar-refractivity contribution in [1.29, 1.82) is 0 Å². The second-order valence-corrected chi connectivity index (χ2v) is 6.68. The van der Waals surface area contributed by atoms with Gasteiger partial charge in [0.2, 0.25) is 5.91 Å². The summed E-state index contributed by atoms with van der Waals surface area (Å²) in [6, 6.07) is 8.17. The van der Waals surface area contributed by atoms with Crippen molar-refractivity contribution in [2.24, 2.45) is 5.92 Å². The third-order valence-corrected chi connectivity index (χ3v) is 4.68. The summed E-state index contributed by atoms with van der Waals surface area (Å²) in [5, 5.41) is 2.01. The van der Waals surface area contributed by atoms with E-state index >= 15 is 0 Å². The smallest absolute Gasteiger partial charge is 0.227 e. The highest BCUT2D eigenvalue weighted by molar-refractivity contribution is 7.07. The van der Waals surface area contributed by atoms with E-state index in [2.05, 4.69) is 29.9 Å². The molecule has 22 heavy (non-hydrogen) atoms. The third-order valence-electron chi connectivity index (χ3n) is 4.04. The molecule has 3 rings (SSSR count). The molecule has 1 aliphatic heterocycles. The van der Waals surface area contributed by atoms with Gasteiger partial charge in [-0.1, -0.05) is 19.1 Å². The van der Waals surface area contributed by atoms with Crippen molar-refractivity contribution in [3.63, 3.8) is 0 Å². The van der Waals surface area contributed by atoms with E-state index in [4.69, 9.17) is 0 Å². The number of anilines is 2. The lowest BCUT2D eigenvalue weighted by Gasteiger charge is -2.24. The van der Waals surface area contributed by atoms with Crippen LogP contribution >= 0.6 is 11.3 Å². The zero-order valence-corrected chi connectivity index (χ0v) is 13.8. The number of rotatable bonds is 3. The van der Waals surface area contributed by atoms with Crippen molar-refractivity contribution < 1.29 is 4.79 Å². The number of thiazole rings is 1. The van der Waals surface area contributed by atoms with Gasteiger partial charge in [-0.05, 0) is 24.5 Å². The van der Waals surface area contributed by atoms with Crippen LogP contribution in [0, 0.1) is 5.92 Å². The summed E-state index contributed by atoms with van der Waals surface area (Å²) < 4.78 is 0. The first-order valence-electron chi connectivity index (χ1n) is 7.62. The molecule has 1 amide bonds. The number of nitrogens with zero attached hydrogens (tertiary/aromatic N) is 3. The van der Waals surface area contributed by atoms with Crippen LogP contribution in [0.2, 0.25) is 0 Å². The van der Waals surface area contributed by atoms with Gasteiger partial charge in [0.1, 0.15) is 0 Å². The highest BCUT2D eigenvalue weighted by atomic mass is 32.1. The van der Waals surface area contributed by atoms with Gasteiger partial charge in [-0.15, -0.1) is 11.3 Å². The molecule has 0 N–H and O–H groups in total. The molecule has 0 saturated carbocycles. The predicted octanol–water partition coefficient (Wildman–Crippen LogP) is 3.19. The Bertz CT molecular complexity index is 641. The number of aryl methyl sites for hydroxylation is 1. The van der Waals surface area contributed by atoms with E-state index in [-0.39, 0.29) is 5.91 Å². The second-order valence-electron chi connectivity index (χ2n) is 5.96. The zero-order chi connectivity index (χ0) is 15.5. The molecule has 1 aliphatic rings. The monoisotopic (exact) mass is 315 g/mol. The van der Waals surface area contributed by atoms with E-state index in [1.165, 1.54) is 0 Å². The average molecular weight is 315 g/mol. The third kappa shape index (κ3) is 3.14. The fraction of sp³-hybridized carbons (Fsp3) is 0.412. The van der Waals surface area contributed by atoms with Crippen LogP contribution < -0.4 is 9.80 Å². The Kier molecular flexibility index (Phi) is 4.43. The number of hydrogen-bond acceptors (Lipinski definition) is 4. The van der Waals surface area contributed by atoms with Gasteiger partial charge >= 0.3 is 0 Å². The van der Waals surface area contributed by atoms with Crippen molar-refractivity contribution in [2.45, 2.75) is 19.8 Å². The average Bonchev–Trinajstić information content (AvgIpc) is 2.99. The molecule has 0 spiro atoms. The van der Waals surface area contributed by atoms with Crippen LogP contribution in [0.4, 0.5) is 11.4 Å². The summed E-state index contributed by atoms with van der Waals surface area (Å²) in [5.41, 5.74) is 4.98. The fourth-order valence-electron chi connectivity index (χ4n) is 3.02. The molecule has 1 atom stereocenters. The maximum atomic E-state index is 12.7. The van der Waals surface area contributed by atoms with Gasteiger partial charge in [-0.2, -0.15) is 0 Å². The molecular weight excluding hydrogens is 294 g/mol. The molecule has 0 bridgehead atoms. The summed E-state index contributed by atoms with van der Waals surface area (Å²) in [6.07, 6.45) is 1.22. The number of carbonyl (C=O) groups is 1. The van der Waals surface area contributed by atoms with Crippen molar-refractivity contribution in [2.75, 3.05) is 29.9 Å². The summed E-state index contributed by atoms with van der Waals surface area (Å²) in [5.74, 6) is 0.628. The highest BCUT2D eigenvalue weighted by Gasteiger charge is 2.26. The summed E-state index contributed by atoms with van der Waals surface area (Å²) in [4.78, 5) is 21.2. The summed E-state index contributed by atoms with van der Waals surface area (Å²) >= 11 is 1.58. The van der Waals surface area contributed by atoms with Crippen LogP contribution in [0.25, 0.3) is 0 Å². The molecule has 2 heterocycles. The number of carbonyl (C=O) groups excluding carboxylic acids is 1. The zero-order valence-electron chi connectivity index (χ0n) is 13.0. The lowest BCUT2D eigenvalue weighted by molar-refractivity contribution is -0.118. The van der Waals surface area contributed by atoms with E-state index < -0.39 is 0 Å². The minimum atomic E-state index is 0.183. The van der Waals surface area contributed by atoms with E-state index in [0.717, 1.165) is 30.2 Å². The maximum absolute atomic E-state index is 12.7. The first kappa shape index (κ1) is 15.0. The van der Waals surface area contributed by atoms with Gasteiger partial charge in [0.25, 0.3) is 0 Å². The minimum Gasteiger partial charge on any atom is -0.373 e. The van der Waals surface area contributed by atoms with Gasteiger partial charge in [-0.25, -0.2) is 4.98 Å². The Balaban J connectivity index is 1.81. The Morgan fingerprint density at radius 2 is 2.09 bits per heavy atom. The van der Waals surface area contributed by atoms with Crippen LogP contribution in [0.5, 0.6) is 0 Å². The Hall–Kier alpha value is -1.88. The molecule has 0 unspecified atom stereocenters. The molecule has 1 aromatic carbocycles. The Morgan fingerprint density at radius 3 is 2.82 bits per heavy atom. The van der Waals surface area contributed by atoms with Crippen LogP contribution in [-0.2, 0) is 11.2 Å². The topological polar surface area (TPSA) is 36.4 Å². The number of amides is 1. The van der Waals surface area contributed by atoms with Crippen molar-refractivity contribution in [3.05, 3.63) is 40.8 Å². The molecular formula is C17H21N3OS. The van der Waals surface area contributed by atoms with Gasteiger partial charge < -0.3 is 9.80 Å². The molecule has 116 valence electrons. The van der Waals surface area contributed by atoms with Gasteiger partial charge in [0.05, 0.1) is 22.6 Å². The van der Waals surface area contributed by atoms with Crippen molar-refractivity contribution in [1.82, 2.24) is 4.98 Å². The molecule has 0 radical (unpaired) electrons. The van der Waals surface area contributed by atoms with E-state index in [1.54, 1.807) is 11.3 Å². The van der Waals surface area contributed by atoms with Crippen molar-refractivity contribution in [3.8, 4) is 0 Å². The van der Waals surface area contributed by atoms with Crippen LogP contribution in [-0.4, -0.2) is 31.0 Å². The predicted molar refractivity (Wildman–Crippen MR) is 91.7 cm³/mol. The summed E-state index contributed by atoms with van der Waals surface area (Å²) in [7, 11) is 2.10. The maximum Gasteiger partial charge on any atom is 0.227 e. The van der Waals surface area contributed by atoms with Crippen LogP contribution in [0.1, 0.15) is 19.0 Å². The fourth-order valence-corrected chi connectivity index (χ4v) is 3.61. The lowest BCUT2D eigenvalue weighted by atomic mass is 10.1. The minimum absolute atomic E-state index is 0.183. The summed E-state index contributed by atoms with van der Waals surface area (Å²) in [6.45, 7) is 3.94. The first-order chi connectivity index (χ1) is 10.6. The molecule has 5 heteroatoms. The number of fused-ring (bicyclic) bond motifs is 1. The second kappa shape index (κ2) is 6.48. The quantitative estimate of drug-likeness (QED) is 0.873. The standard InChI is InChI=1S/C17H21N3OS/c1-13-9-19(2)15-5-3-4-6-16(15)20(10-13)17(21)8-7-14-11-22-12-18-14/h3-6,11-13H,7-10H2,1-2H3/t13-/m1/s1. The van der Waals surface area contributed by atoms with Gasteiger partial charge in [0.15, 0.2) is 0 Å². The largest absolute Gasteiger partial charge is 0.373 e. The number of hydrogen-bond donors (Lipinski definition) is 0.